The summed E-state index contributed by atoms with van der Waals surface area (Å²) in [6, 6.07) is 3.62. The Hall–Kier alpha value is -1.02. The molecule has 110 valence electrons. The van der Waals surface area contributed by atoms with Gasteiger partial charge in [0, 0.05) is 19.6 Å². The Morgan fingerprint density at radius 3 is 2.95 bits per heavy atom. The van der Waals surface area contributed by atoms with Gasteiger partial charge in [0.25, 0.3) is 5.91 Å². The summed E-state index contributed by atoms with van der Waals surface area (Å²) in [5, 5.41) is 8.00. The number of nitrogens with one attached hydrogen (secondary N) is 2. The van der Waals surface area contributed by atoms with Crippen molar-refractivity contribution in [1.82, 2.24) is 15.5 Å². The Balaban J connectivity index is 1.57. The Bertz CT molecular complexity index is 431. The van der Waals surface area contributed by atoms with Crippen molar-refractivity contribution in [3.8, 4) is 0 Å². The van der Waals surface area contributed by atoms with E-state index in [1.165, 1.54) is 11.3 Å². The van der Waals surface area contributed by atoms with Crippen LogP contribution in [-0.2, 0) is 4.74 Å². The molecule has 1 aromatic rings. The summed E-state index contributed by atoms with van der Waals surface area (Å²) < 4.78 is 5.30. The molecule has 1 saturated heterocycles. The maximum Gasteiger partial charge on any atom is 0.267 e. The number of thiophene rings is 1. The summed E-state index contributed by atoms with van der Waals surface area (Å²) in [6.45, 7) is 5.43. The van der Waals surface area contributed by atoms with Crippen molar-refractivity contribution in [2.24, 2.45) is 0 Å². The Morgan fingerprint density at radius 2 is 2.25 bits per heavy atom. The van der Waals surface area contributed by atoms with E-state index in [9.17, 15) is 4.79 Å². The van der Waals surface area contributed by atoms with Crippen LogP contribution < -0.4 is 10.6 Å². The number of carbonyl (C=O) groups is 1. The van der Waals surface area contributed by atoms with Gasteiger partial charge in [-0.2, -0.15) is 0 Å². The van der Waals surface area contributed by atoms with Gasteiger partial charge in [0.2, 0.25) is 0 Å². The highest BCUT2D eigenvalue weighted by Crippen LogP contribution is 2.07. The Labute approximate surface area is 128 Å². The van der Waals surface area contributed by atoms with Crippen LogP contribution in [0.5, 0.6) is 0 Å². The number of carbonyl (C=O) groups excluding carboxylic acids is 1. The van der Waals surface area contributed by atoms with E-state index in [4.69, 9.17) is 17.0 Å². The normalized spacial score (nSPS) is 15.8. The highest BCUT2D eigenvalue weighted by atomic mass is 32.1. The molecule has 1 aliphatic rings. The largest absolute Gasteiger partial charge is 0.379 e. The lowest BCUT2D eigenvalue weighted by Crippen LogP contribution is -2.41. The van der Waals surface area contributed by atoms with Crippen LogP contribution in [0.3, 0.4) is 0 Å². The van der Waals surface area contributed by atoms with Gasteiger partial charge < -0.3 is 10.1 Å². The molecule has 1 aromatic heterocycles. The van der Waals surface area contributed by atoms with Gasteiger partial charge in [-0.15, -0.1) is 11.3 Å². The molecule has 0 aromatic carbocycles. The molecule has 1 aliphatic heterocycles. The predicted molar refractivity (Wildman–Crippen MR) is 84.3 cm³/mol. The van der Waals surface area contributed by atoms with Crippen molar-refractivity contribution < 1.29 is 9.53 Å². The molecule has 1 amide bonds. The SMILES string of the molecule is O=C(NC(=S)NCCCN1CCOCC1)c1cccs1. The topological polar surface area (TPSA) is 53.6 Å². The van der Waals surface area contributed by atoms with E-state index in [2.05, 4.69) is 15.5 Å². The number of hydrogen-bond acceptors (Lipinski definition) is 5. The number of amides is 1. The number of nitrogens with zero attached hydrogens (tertiary/aromatic N) is 1. The fourth-order valence-electron chi connectivity index (χ4n) is 1.95. The minimum absolute atomic E-state index is 0.148. The van der Waals surface area contributed by atoms with Crippen LogP contribution in [0.4, 0.5) is 0 Å². The van der Waals surface area contributed by atoms with E-state index < -0.39 is 0 Å². The van der Waals surface area contributed by atoms with Gasteiger partial charge in [-0.25, -0.2) is 0 Å². The second-order valence-corrected chi connectivity index (χ2v) is 5.85. The molecule has 1 fully saturated rings. The standard InChI is InChI=1S/C13H19N3O2S2/c17-12(11-3-1-10-20-11)15-13(19)14-4-2-5-16-6-8-18-9-7-16/h1,3,10H,2,4-9H2,(H2,14,15,17,19). The van der Waals surface area contributed by atoms with E-state index in [-0.39, 0.29) is 5.91 Å². The smallest absolute Gasteiger partial charge is 0.267 e. The molecule has 0 saturated carbocycles. The third-order valence-corrected chi connectivity index (χ3v) is 4.13. The van der Waals surface area contributed by atoms with Gasteiger partial charge in [0.1, 0.15) is 0 Å². The number of thiocarbonyl (C=S) groups is 1. The fraction of sp³-hybridized carbons (Fsp3) is 0.538. The average Bonchev–Trinajstić information content (AvgIpc) is 2.99. The van der Waals surface area contributed by atoms with Gasteiger partial charge in [-0.1, -0.05) is 6.07 Å². The first kappa shape index (κ1) is 15.4. The molecule has 0 atom stereocenters. The second kappa shape index (κ2) is 8.31. The van der Waals surface area contributed by atoms with Crippen LogP contribution in [-0.4, -0.2) is 55.3 Å². The van der Waals surface area contributed by atoms with Crippen LogP contribution >= 0.6 is 23.6 Å². The monoisotopic (exact) mass is 313 g/mol. The van der Waals surface area contributed by atoms with Crippen molar-refractivity contribution in [2.45, 2.75) is 6.42 Å². The molecule has 0 unspecified atom stereocenters. The van der Waals surface area contributed by atoms with E-state index in [0.29, 0.717) is 9.99 Å². The van der Waals surface area contributed by atoms with Crippen molar-refractivity contribution in [2.75, 3.05) is 39.4 Å². The maximum absolute atomic E-state index is 11.7. The van der Waals surface area contributed by atoms with Crippen LogP contribution in [0.15, 0.2) is 17.5 Å². The molecule has 2 heterocycles. The highest BCUT2D eigenvalue weighted by molar-refractivity contribution is 7.80. The molecular weight excluding hydrogens is 294 g/mol. The number of rotatable bonds is 5. The molecule has 0 aliphatic carbocycles. The van der Waals surface area contributed by atoms with E-state index >= 15 is 0 Å². The number of morpholine rings is 1. The third kappa shape index (κ3) is 5.16. The number of ether oxygens (including phenoxy) is 1. The summed E-state index contributed by atoms with van der Waals surface area (Å²) >= 11 is 6.50. The molecule has 2 N–H and O–H groups in total. The van der Waals surface area contributed by atoms with Crippen LogP contribution in [0.25, 0.3) is 0 Å². The van der Waals surface area contributed by atoms with Crippen molar-refractivity contribution in [3.63, 3.8) is 0 Å². The maximum atomic E-state index is 11.7. The minimum Gasteiger partial charge on any atom is -0.379 e. The first-order valence-electron chi connectivity index (χ1n) is 6.68. The van der Waals surface area contributed by atoms with Crippen molar-refractivity contribution in [3.05, 3.63) is 22.4 Å². The molecule has 2 rings (SSSR count). The third-order valence-electron chi connectivity index (χ3n) is 3.01. The molecule has 0 bridgehead atoms. The van der Waals surface area contributed by atoms with Gasteiger partial charge in [0.05, 0.1) is 18.1 Å². The zero-order valence-electron chi connectivity index (χ0n) is 11.3. The summed E-state index contributed by atoms with van der Waals surface area (Å²) in [7, 11) is 0. The van der Waals surface area contributed by atoms with Gasteiger partial charge in [-0.3, -0.25) is 15.0 Å². The zero-order valence-corrected chi connectivity index (χ0v) is 12.9. The van der Waals surface area contributed by atoms with Gasteiger partial charge in [0.15, 0.2) is 5.11 Å². The quantitative estimate of drug-likeness (QED) is 0.629. The lowest BCUT2D eigenvalue weighted by Gasteiger charge is -2.26. The second-order valence-electron chi connectivity index (χ2n) is 4.49. The molecular formula is C13H19N3O2S2. The molecule has 0 spiro atoms. The summed E-state index contributed by atoms with van der Waals surface area (Å²) in [4.78, 5) is 14.8. The van der Waals surface area contributed by atoms with E-state index in [1.807, 2.05) is 11.4 Å². The first-order valence-corrected chi connectivity index (χ1v) is 7.97. The lowest BCUT2D eigenvalue weighted by molar-refractivity contribution is 0.0376. The van der Waals surface area contributed by atoms with Gasteiger partial charge in [-0.05, 0) is 36.6 Å². The summed E-state index contributed by atoms with van der Waals surface area (Å²) in [5.41, 5.74) is 0. The van der Waals surface area contributed by atoms with E-state index in [1.54, 1.807) is 6.07 Å². The molecule has 0 radical (unpaired) electrons. The number of hydrogen-bond donors (Lipinski definition) is 2. The lowest BCUT2D eigenvalue weighted by atomic mass is 10.3. The first-order chi connectivity index (χ1) is 9.75. The Kier molecular flexibility index (Phi) is 6.38. The molecule has 5 nitrogen and oxygen atoms in total. The Morgan fingerprint density at radius 1 is 1.45 bits per heavy atom. The van der Waals surface area contributed by atoms with E-state index in [0.717, 1.165) is 45.8 Å². The molecule has 7 heteroatoms. The minimum atomic E-state index is -0.148. The van der Waals surface area contributed by atoms with Crippen LogP contribution in [0, 0.1) is 0 Å². The van der Waals surface area contributed by atoms with Crippen LogP contribution in [0.1, 0.15) is 16.1 Å². The van der Waals surface area contributed by atoms with Crippen molar-refractivity contribution >= 4 is 34.6 Å². The average molecular weight is 313 g/mol. The van der Waals surface area contributed by atoms with Gasteiger partial charge >= 0.3 is 0 Å². The summed E-state index contributed by atoms with van der Waals surface area (Å²) in [5.74, 6) is -0.148. The zero-order chi connectivity index (χ0) is 14.2. The van der Waals surface area contributed by atoms with Crippen molar-refractivity contribution in [1.29, 1.82) is 0 Å². The van der Waals surface area contributed by atoms with Crippen LogP contribution in [0.2, 0.25) is 0 Å². The fourth-order valence-corrected chi connectivity index (χ4v) is 2.76. The highest BCUT2D eigenvalue weighted by Gasteiger charge is 2.10. The molecule has 20 heavy (non-hydrogen) atoms. The predicted octanol–water partition coefficient (Wildman–Crippen LogP) is 1.07. The summed E-state index contributed by atoms with van der Waals surface area (Å²) in [6.07, 6.45) is 0.995.